The van der Waals surface area contributed by atoms with Crippen LogP contribution < -0.4 is 20.1 Å². The van der Waals surface area contributed by atoms with Crippen molar-refractivity contribution in [2.24, 2.45) is 0 Å². The number of aromatic nitrogens is 8. The topological polar surface area (TPSA) is 226 Å². The van der Waals surface area contributed by atoms with E-state index in [4.69, 9.17) is 19.4 Å². The number of imidazole rings is 2. The van der Waals surface area contributed by atoms with Crippen molar-refractivity contribution in [1.82, 2.24) is 60.3 Å². The molecule has 1 saturated heterocycles. The fourth-order valence-corrected chi connectivity index (χ4v) is 10.2. The van der Waals surface area contributed by atoms with E-state index in [1.807, 2.05) is 86.6 Å². The third kappa shape index (κ3) is 9.02. The second kappa shape index (κ2) is 20.0. The third-order valence-electron chi connectivity index (χ3n) is 13.7. The SMILES string of the molecule is CC[C@@H](c1ncc(-c2cc3c4c(c2)OCc2cc(-c5cnc([C@@H]6CCCN6C(=O)[C@H](NC(=O)c6cncnc6)c6ccccc6)[nH]5)cc(c2-4)OC3)[nH]1)N(CC)C(=O)[C@H](NC(=O)c1cncnc1)c1ccccc1. The highest BCUT2D eigenvalue weighted by molar-refractivity contribution is 5.98. The standard InChI is InChI=1S/C55H50N12O6/c1-3-42(66(4-2)54(70)48(32-12-7-5-8-13-32)64-52(68)38-22-56-30-57-23-38)50-60-26-40(62-50)34-18-36-28-73-45-21-35(19-37-29-72-44(20-34)46(36)47(37)45)41-27-61-51(63-41)43-16-11-17-67(43)55(71)49(33-14-9-6-10-15-33)65-53(69)39-24-58-31-59-25-39/h5-10,12-15,18-27,30-31,42-43,48-49H,3-4,11,16-17,28-29H2,1-2H3,(H,60,62)(H,61,63)(H,64,68)(H,65,69)/t42-,43-,48+,49+/m0/s1. The molecule has 0 unspecified atom stereocenters. The van der Waals surface area contributed by atoms with Crippen LogP contribution in [0.4, 0.5) is 0 Å². The van der Waals surface area contributed by atoms with Crippen molar-refractivity contribution in [3.05, 3.63) is 180 Å². The lowest BCUT2D eigenvalue weighted by atomic mass is 9.87. The molecular formula is C55H50N12O6. The van der Waals surface area contributed by atoms with Gasteiger partial charge in [0, 0.05) is 71.3 Å². The fraction of sp³-hybridized carbons (Fsp3) is 0.236. The van der Waals surface area contributed by atoms with E-state index in [0.29, 0.717) is 61.9 Å². The Kier molecular flexibility index (Phi) is 12.7. The summed E-state index contributed by atoms with van der Waals surface area (Å²) in [5, 5.41) is 5.86. The number of H-pyrrole nitrogens is 2. The second-order valence-corrected chi connectivity index (χ2v) is 18.1. The van der Waals surface area contributed by atoms with E-state index >= 15 is 0 Å². The highest BCUT2D eigenvalue weighted by Crippen LogP contribution is 2.51. The number of ether oxygens (including phenoxy) is 2. The van der Waals surface area contributed by atoms with E-state index in [1.165, 1.54) is 37.4 Å². The van der Waals surface area contributed by atoms with E-state index in [1.54, 1.807) is 22.2 Å². The minimum atomic E-state index is -0.969. The van der Waals surface area contributed by atoms with Crippen LogP contribution in [0.15, 0.2) is 135 Å². The first-order valence-electron chi connectivity index (χ1n) is 24.3. The largest absolute Gasteiger partial charge is 0.488 e. The van der Waals surface area contributed by atoms with Crippen molar-refractivity contribution in [2.75, 3.05) is 13.1 Å². The van der Waals surface area contributed by atoms with Gasteiger partial charge in [-0.25, -0.2) is 29.9 Å². The molecule has 366 valence electrons. The maximum absolute atomic E-state index is 14.5. The summed E-state index contributed by atoms with van der Waals surface area (Å²) in [5.41, 5.74) is 8.96. The molecule has 18 heteroatoms. The lowest BCUT2D eigenvalue weighted by Crippen LogP contribution is -2.44. The van der Waals surface area contributed by atoms with E-state index in [9.17, 15) is 19.2 Å². The fourth-order valence-electron chi connectivity index (χ4n) is 10.2. The number of aromatic amines is 2. The van der Waals surface area contributed by atoms with Crippen LogP contribution in [0.25, 0.3) is 33.6 Å². The molecular weight excluding hydrogens is 925 g/mol. The molecule has 4 atom stereocenters. The number of nitrogens with zero attached hydrogens (tertiary/aromatic N) is 8. The van der Waals surface area contributed by atoms with Gasteiger partial charge in [-0.2, -0.15) is 0 Å². The summed E-state index contributed by atoms with van der Waals surface area (Å²) in [7, 11) is 0. The van der Waals surface area contributed by atoms with Crippen LogP contribution in [0.3, 0.4) is 0 Å². The first kappa shape index (κ1) is 46.3. The van der Waals surface area contributed by atoms with Crippen molar-refractivity contribution in [2.45, 2.75) is 70.5 Å². The smallest absolute Gasteiger partial charge is 0.255 e. The molecule has 18 nitrogen and oxygen atoms in total. The third-order valence-corrected chi connectivity index (χ3v) is 13.7. The molecule has 7 heterocycles. The Labute approximate surface area is 419 Å². The van der Waals surface area contributed by atoms with Gasteiger partial charge in [0.2, 0.25) is 11.8 Å². The number of nitrogens with one attached hydrogen (secondary N) is 4. The van der Waals surface area contributed by atoms with Gasteiger partial charge < -0.3 is 39.9 Å². The van der Waals surface area contributed by atoms with Gasteiger partial charge in [0.1, 0.15) is 61.1 Å². The second-order valence-electron chi connectivity index (χ2n) is 18.1. The highest BCUT2D eigenvalue weighted by atomic mass is 16.5. The Hall–Kier alpha value is -9.06. The summed E-state index contributed by atoms with van der Waals surface area (Å²) in [6.45, 7) is 5.40. The van der Waals surface area contributed by atoms with Gasteiger partial charge in [-0.1, -0.05) is 67.6 Å². The first-order valence-corrected chi connectivity index (χ1v) is 24.3. The summed E-state index contributed by atoms with van der Waals surface area (Å²) >= 11 is 0. The minimum absolute atomic E-state index is 0.233. The molecule has 4 aromatic carbocycles. The number of likely N-dealkylation sites (N-methyl/N-ethyl adjacent to an activating group) is 1. The van der Waals surface area contributed by atoms with Crippen LogP contribution >= 0.6 is 0 Å². The Bertz CT molecular complexity index is 3280. The molecule has 0 aliphatic carbocycles. The Balaban J connectivity index is 0.820. The molecule has 4 N–H and O–H groups in total. The summed E-state index contributed by atoms with van der Waals surface area (Å²) in [6.07, 6.45) is 14.0. The predicted molar refractivity (Wildman–Crippen MR) is 267 cm³/mol. The molecule has 1 fully saturated rings. The average molecular weight is 975 g/mol. The molecule has 3 aliphatic rings. The number of carbonyl (C=O) groups excluding carboxylic acids is 4. The van der Waals surface area contributed by atoms with Crippen molar-refractivity contribution < 1.29 is 28.7 Å². The van der Waals surface area contributed by atoms with Crippen LogP contribution in [-0.2, 0) is 22.8 Å². The molecule has 73 heavy (non-hydrogen) atoms. The maximum atomic E-state index is 14.5. The summed E-state index contributed by atoms with van der Waals surface area (Å²) in [5.74, 6) is 1.31. The van der Waals surface area contributed by atoms with Gasteiger partial charge in [-0.05, 0) is 61.6 Å². The molecule has 11 rings (SSSR count). The summed E-state index contributed by atoms with van der Waals surface area (Å²) in [6, 6.07) is 23.9. The lowest BCUT2D eigenvalue weighted by molar-refractivity contribution is -0.136. The predicted octanol–water partition coefficient (Wildman–Crippen LogP) is 7.80. The molecule has 0 bridgehead atoms. The molecule has 0 saturated carbocycles. The molecule has 3 aliphatic heterocycles. The zero-order chi connectivity index (χ0) is 50.0. The molecule has 8 aromatic rings. The zero-order valence-corrected chi connectivity index (χ0v) is 40.0. The van der Waals surface area contributed by atoms with E-state index < -0.39 is 29.9 Å². The van der Waals surface area contributed by atoms with E-state index in [2.05, 4.69) is 52.7 Å². The normalized spacial score (nSPS) is 15.5. The van der Waals surface area contributed by atoms with Crippen LogP contribution in [0.5, 0.6) is 11.5 Å². The van der Waals surface area contributed by atoms with Gasteiger partial charge in [-0.15, -0.1) is 0 Å². The van der Waals surface area contributed by atoms with Crippen molar-refractivity contribution in [3.63, 3.8) is 0 Å². The Morgan fingerprint density at radius 2 is 1.22 bits per heavy atom. The highest BCUT2D eigenvalue weighted by Gasteiger charge is 2.38. The Morgan fingerprint density at radius 3 is 1.78 bits per heavy atom. The van der Waals surface area contributed by atoms with Crippen molar-refractivity contribution >= 4 is 23.6 Å². The van der Waals surface area contributed by atoms with Gasteiger partial charge in [-0.3, -0.25) is 19.2 Å². The van der Waals surface area contributed by atoms with Crippen LogP contribution in [0, 0.1) is 0 Å². The number of carbonyl (C=O) groups is 4. The van der Waals surface area contributed by atoms with Gasteiger partial charge in [0.15, 0.2) is 0 Å². The van der Waals surface area contributed by atoms with Crippen LogP contribution in [-0.4, -0.2) is 86.4 Å². The maximum Gasteiger partial charge on any atom is 0.255 e. The monoisotopic (exact) mass is 974 g/mol. The zero-order valence-electron chi connectivity index (χ0n) is 40.0. The van der Waals surface area contributed by atoms with Crippen molar-refractivity contribution in [3.8, 4) is 45.1 Å². The van der Waals surface area contributed by atoms with Gasteiger partial charge in [0.25, 0.3) is 11.8 Å². The molecule has 4 amide bonds. The minimum Gasteiger partial charge on any atom is -0.488 e. The number of likely N-dealkylation sites (tertiary alicyclic amines) is 1. The summed E-state index contributed by atoms with van der Waals surface area (Å²) < 4.78 is 13.0. The number of amides is 4. The Morgan fingerprint density at radius 1 is 0.685 bits per heavy atom. The number of hydrogen-bond donors (Lipinski definition) is 4. The van der Waals surface area contributed by atoms with Crippen LogP contribution in [0.2, 0.25) is 0 Å². The number of benzene rings is 4. The average Bonchev–Trinajstić information content (AvgIpc) is 4.26. The van der Waals surface area contributed by atoms with Gasteiger partial charge in [0.05, 0.1) is 47.0 Å². The van der Waals surface area contributed by atoms with Gasteiger partial charge >= 0.3 is 0 Å². The lowest BCUT2D eigenvalue weighted by Gasteiger charge is -2.32. The quantitative estimate of drug-likeness (QED) is 0.0772. The molecule has 0 spiro atoms. The van der Waals surface area contributed by atoms with E-state index in [0.717, 1.165) is 62.7 Å². The molecule has 0 radical (unpaired) electrons. The van der Waals surface area contributed by atoms with E-state index in [-0.39, 0.29) is 29.0 Å². The number of rotatable bonds is 15. The number of hydrogen-bond acceptors (Lipinski definition) is 12. The van der Waals surface area contributed by atoms with Crippen molar-refractivity contribution in [1.29, 1.82) is 0 Å². The first-order chi connectivity index (χ1) is 35.8. The van der Waals surface area contributed by atoms with Crippen LogP contribution in [0.1, 0.15) is 112 Å². The molecule has 4 aromatic heterocycles. The summed E-state index contributed by atoms with van der Waals surface area (Å²) in [4.78, 5) is 91.7.